The van der Waals surface area contributed by atoms with Crippen molar-refractivity contribution in [2.24, 2.45) is 0 Å². The van der Waals surface area contributed by atoms with Crippen molar-refractivity contribution in [2.75, 3.05) is 13.2 Å². The number of nitrogens with zero attached hydrogens (tertiary/aromatic N) is 1. The number of hydrogen-bond donors (Lipinski definition) is 1. The number of rotatable bonds is 7. The van der Waals surface area contributed by atoms with Gasteiger partial charge in [-0.05, 0) is 37.4 Å². The van der Waals surface area contributed by atoms with Crippen LogP contribution in [0.5, 0.6) is 0 Å². The summed E-state index contributed by atoms with van der Waals surface area (Å²) in [6.07, 6.45) is 1.68. The van der Waals surface area contributed by atoms with E-state index in [1.165, 1.54) is 6.07 Å². The molecule has 0 bridgehead atoms. The minimum absolute atomic E-state index is 0.0575. The average molecular weight is 323 g/mol. The predicted octanol–water partition coefficient (Wildman–Crippen LogP) is 3.70. The van der Waals surface area contributed by atoms with E-state index in [2.05, 4.69) is 4.98 Å². The molecule has 2 rings (SSSR count). The van der Waals surface area contributed by atoms with Crippen molar-refractivity contribution in [1.29, 1.82) is 0 Å². The highest BCUT2D eigenvalue weighted by Crippen LogP contribution is 2.51. The van der Waals surface area contributed by atoms with E-state index < -0.39 is 13.6 Å². The van der Waals surface area contributed by atoms with Gasteiger partial charge in [-0.3, -0.25) is 9.55 Å². The maximum atomic E-state index is 12.5. The molecule has 0 unspecified atom stereocenters. The Morgan fingerprint density at radius 3 is 2.45 bits per heavy atom. The fourth-order valence-corrected chi connectivity index (χ4v) is 3.74. The third-order valence-electron chi connectivity index (χ3n) is 3.03. The Morgan fingerprint density at radius 1 is 1.18 bits per heavy atom. The highest BCUT2D eigenvalue weighted by atomic mass is 31.2. The number of hydrogen-bond acceptors (Lipinski definition) is 5. The van der Waals surface area contributed by atoms with Gasteiger partial charge in [0.05, 0.1) is 30.6 Å². The Bertz CT molecular complexity index is 721. The van der Waals surface area contributed by atoms with Crippen LogP contribution in [0, 0.1) is 0 Å². The number of carboxylic acid groups (broad SMARTS) is 1. The molecule has 0 saturated carbocycles. The van der Waals surface area contributed by atoms with Crippen LogP contribution in [0.25, 0.3) is 10.8 Å². The number of carbonyl (C=O) groups is 1. The SMILES string of the molecule is CCOP(=O)(Cc1cc2cc(C(=O)O)ccc2cn1)OCC. The zero-order valence-corrected chi connectivity index (χ0v) is 13.4. The summed E-state index contributed by atoms with van der Waals surface area (Å²) >= 11 is 0. The first-order chi connectivity index (χ1) is 10.5. The summed E-state index contributed by atoms with van der Waals surface area (Å²) in [7, 11) is -3.23. The first-order valence-corrected chi connectivity index (χ1v) is 8.70. The normalized spacial score (nSPS) is 11.7. The molecule has 1 heterocycles. The molecule has 0 saturated heterocycles. The topological polar surface area (TPSA) is 85.7 Å². The molecular formula is C15H18NO5P. The maximum absolute atomic E-state index is 12.5. The zero-order chi connectivity index (χ0) is 16.2. The number of carboxylic acids is 1. The number of fused-ring (bicyclic) bond motifs is 1. The first kappa shape index (κ1) is 16.6. The number of benzene rings is 1. The Kier molecular flexibility index (Phi) is 5.29. The summed E-state index contributed by atoms with van der Waals surface area (Å²) in [6, 6.07) is 6.50. The van der Waals surface area contributed by atoms with Crippen LogP contribution in [0.3, 0.4) is 0 Å². The van der Waals surface area contributed by atoms with Crippen molar-refractivity contribution in [1.82, 2.24) is 4.98 Å². The van der Waals surface area contributed by atoms with Gasteiger partial charge in [-0.25, -0.2) is 4.79 Å². The van der Waals surface area contributed by atoms with Gasteiger partial charge in [0.2, 0.25) is 0 Å². The molecule has 2 aromatic rings. The summed E-state index contributed by atoms with van der Waals surface area (Å²) in [5.41, 5.74) is 0.739. The first-order valence-electron chi connectivity index (χ1n) is 6.97. The molecule has 0 aliphatic heterocycles. The van der Waals surface area contributed by atoms with Crippen LogP contribution in [0.4, 0.5) is 0 Å². The second-order valence-electron chi connectivity index (χ2n) is 4.65. The lowest BCUT2D eigenvalue weighted by molar-refractivity contribution is 0.0697. The molecule has 6 nitrogen and oxygen atoms in total. The number of aromatic carboxylic acids is 1. The predicted molar refractivity (Wildman–Crippen MR) is 83.3 cm³/mol. The Balaban J connectivity index is 2.35. The Hall–Kier alpha value is -1.75. The lowest BCUT2D eigenvalue weighted by Gasteiger charge is -2.16. The second kappa shape index (κ2) is 7.01. The van der Waals surface area contributed by atoms with E-state index in [0.717, 1.165) is 10.8 Å². The van der Waals surface area contributed by atoms with Gasteiger partial charge >= 0.3 is 13.6 Å². The molecule has 1 N–H and O–H groups in total. The fraction of sp³-hybridized carbons (Fsp3) is 0.333. The van der Waals surface area contributed by atoms with E-state index >= 15 is 0 Å². The van der Waals surface area contributed by atoms with Crippen LogP contribution in [-0.4, -0.2) is 29.3 Å². The molecule has 1 aromatic heterocycles. The smallest absolute Gasteiger partial charge is 0.336 e. The minimum Gasteiger partial charge on any atom is -0.478 e. The van der Waals surface area contributed by atoms with Gasteiger partial charge < -0.3 is 14.2 Å². The van der Waals surface area contributed by atoms with Gasteiger partial charge in [0, 0.05) is 11.6 Å². The van der Waals surface area contributed by atoms with Gasteiger partial charge in [0.1, 0.15) is 0 Å². The Morgan fingerprint density at radius 2 is 1.86 bits per heavy atom. The molecule has 0 amide bonds. The van der Waals surface area contributed by atoms with E-state index in [1.54, 1.807) is 38.2 Å². The Labute approximate surface area is 128 Å². The van der Waals surface area contributed by atoms with Crippen LogP contribution in [0.1, 0.15) is 29.9 Å². The third kappa shape index (κ3) is 3.91. The molecule has 0 atom stereocenters. The van der Waals surface area contributed by atoms with Gasteiger partial charge in [-0.1, -0.05) is 6.07 Å². The van der Waals surface area contributed by atoms with Crippen LogP contribution in [-0.2, 0) is 19.8 Å². The zero-order valence-electron chi connectivity index (χ0n) is 12.5. The molecule has 22 heavy (non-hydrogen) atoms. The maximum Gasteiger partial charge on any atom is 0.336 e. The van der Waals surface area contributed by atoms with Crippen molar-refractivity contribution in [2.45, 2.75) is 20.0 Å². The van der Waals surface area contributed by atoms with E-state index in [1.807, 2.05) is 0 Å². The molecule has 7 heteroatoms. The lowest BCUT2D eigenvalue weighted by Crippen LogP contribution is -2.01. The van der Waals surface area contributed by atoms with Crippen molar-refractivity contribution >= 4 is 24.3 Å². The number of pyridine rings is 1. The minimum atomic E-state index is -3.23. The molecule has 118 valence electrons. The monoisotopic (exact) mass is 323 g/mol. The van der Waals surface area contributed by atoms with Crippen molar-refractivity contribution < 1.29 is 23.5 Å². The van der Waals surface area contributed by atoms with Gasteiger partial charge in [0.25, 0.3) is 0 Å². The summed E-state index contributed by atoms with van der Waals surface area (Å²) in [5.74, 6) is -0.991. The largest absolute Gasteiger partial charge is 0.478 e. The number of aromatic nitrogens is 1. The molecule has 0 radical (unpaired) electrons. The van der Waals surface area contributed by atoms with Crippen molar-refractivity contribution in [3.8, 4) is 0 Å². The lowest BCUT2D eigenvalue weighted by atomic mass is 10.1. The van der Waals surface area contributed by atoms with E-state index in [9.17, 15) is 9.36 Å². The van der Waals surface area contributed by atoms with E-state index in [-0.39, 0.29) is 24.9 Å². The van der Waals surface area contributed by atoms with E-state index in [0.29, 0.717) is 5.69 Å². The second-order valence-corrected chi connectivity index (χ2v) is 6.70. The summed E-state index contributed by atoms with van der Waals surface area (Å²) < 4.78 is 23.0. The molecule has 1 aromatic carbocycles. The van der Waals surface area contributed by atoms with Crippen molar-refractivity contribution in [3.05, 3.63) is 41.7 Å². The summed E-state index contributed by atoms with van der Waals surface area (Å²) in [6.45, 7) is 4.07. The van der Waals surface area contributed by atoms with Crippen molar-refractivity contribution in [3.63, 3.8) is 0 Å². The van der Waals surface area contributed by atoms with Crippen LogP contribution < -0.4 is 0 Å². The van der Waals surface area contributed by atoms with Crippen LogP contribution >= 0.6 is 7.60 Å². The summed E-state index contributed by atoms with van der Waals surface area (Å²) in [4.78, 5) is 15.3. The average Bonchev–Trinajstić information content (AvgIpc) is 2.46. The molecule has 0 fully saturated rings. The quantitative estimate of drug-likeness (QED) is 0.782. The molecule has 0 aliphatic carbocycles. The van der Waals surface area contributed by atoms with Crippen LogP contribution in [0.2, 0.25) is 0 Å². The van der Waals surface area contributed by atoms with Gasteiger partial charge in [0.15, 0.2) is 0 Å². The molecule has 0 spiro atoms. The summed E-state index contributed by atoms with van der Waals surface area (Å²) in [5, 5.41) is 10.6. The molecule has 0 aliphatic rings. The highest BCUT2D eigenvalue weighted by Gasteiger charge is 2.24. The molecular weight excluding hydrogens is 305 g/mol. The van der Waals surface area contributed by atoms with Crippen LogP contribution in [0.15, 0.2) is 30.5 Å². The van der Waals surface area contributed by atoms with Gasteiger partial charge in [-0.15, -0.1) is 0 Å². The third-order valence-corrected chi connectivity index (χ3v) is 5.05. The van der Waals surface area contributed by atoms with Gasteiger partial charge in [-0.2, -0.15) is 0 Å². The fourth-order valence-electron chi connectivity index (χ4n) is 2.13. The van der Waals surface area contributed by atoms with E-state index in [4.69, 9.17) is 14.2 Å². The standard InChI is InChI=1S/C15H18NO5P/c1-3-20-22(19,21-4-2)10-14-8-13-7-11(15(17)18)5-6-12(13)9-16-14/h5-9H,3-4,10H2,1-2H3,(H,17,18). The highest BCUT2D eigenvalue weighted by molar-refractivity contribution is 7.53.